The van der Waals surface area contributed by atoms with Gasteiger partial charge in [-0.15, -0.1) is 0 Å². The standard InChI is InChI=1S/C8H9N3O2/c1-9-7(12)8(13)11-6-3-2-4-10-5-6/h2-5H,1H3,(H,9,12)(H,11,13). The minimum Gasteiger partial charge on any atom is -0.351 e. The van der Waals surface area contributed by atoms with Crippen LogP contribution in [0.1, 0.15) is 0 Å². The highest BCUT2D eigenvalue weighted by Gasteiger charge is 2.10. The van der Waals surface area contributed by atoms with Gasteiger partial charge in [0.25, 0.3) is 0 Å². The second-order valence-corrected chi connectivity index (χ2v) is 2.27. The zero-order valence-corrected chi connectivity index (χ0v) is 7.07. The minimum absolute atomic E-state index is 0.496. The van der Waals surface area contributed by atoms with Gasteiger partial charge < -0.3 is 10.6 Å². The number of anilines is 1. The maximum atomic E-state index is 11.0. The molecule has 0 spiro atoms. The number of nitrogens with one attached hydrogen (secondary N) is 2. The predicted octanol–water partition coefficient (Wildman–Crippen LogP) is -0.234. The van der Waals surface area contributed by atoms with Crippen molar-refractivity contribution in [3.63, 3.8) is 0 Å². The Balaban J connectivity index is 2.60. The molecule has 5 heteroatoms. The van der Waals surface area contributed by atoms with Crippen LogP contribution in [0.5, 0.6) is 0 Å². The summed E-state index contributed by atoms with van der Waals surface area (Å²) in [5, 5.41) is 4.59. The molecular formula is C8H9N3O2. The van der Waals surface area contributed by atoms with Gasteiger partial charge in [-0.3, -0.25) is 14.6 Å². The highest BCUT2D eigenvalue weighted by Crippen LogP contribution is 2.01. The fraction of sp³-hybridized carbons (Fsp3) is 0.125. The van der Waals surface area contributed by atoms with E-state index < -0.39 is 11.8 Å². The summed E-state index contributed by atoms with van der Waals surface area (Å²) in [5.41, 5.74) is 0.496. The molecule has 0 aromatic carbocycles. The van der Waals surface area contributed by atoms with Crippen molar-refractivity contribution >= 4 is 17.5 Å². The monoisotopic (exact) mass is 179 g/mol. The summed E-state index contributed by atoms with van der Waals surface area (Å²) in [6, 6.07) is 3.31. The zero-order chi connectivity index (χ0) is 9.68. The Morgan fingerprint density at radius 1 is 1.38 bits per heavy atom. The fourth-order valence-corrected chi connectivity index (χ4v) is 0.738. The van der Waals surface area contributed by atoms with Crippen LogP contribution >= 0.6 is 0 Å². The number of pyridine rings is 1. The molecule has 68 valence electrons. The van der Waals surface area contributed by atoms with E-state index in [1.165, 1.54) is 13.2 Å². The number of aromatic nitrogens is 1. The molecular weight excluding hydrogens is 170 g/mol. The van der Waals surface area contributed by atoms with E-state index in [0.29, 0.717) is 5.69 Å². The van der Waals surface area contributed by atoms with E-state index in [2.05, 4.69) is 15.6 Å². The van der Waals surface area contributed by atoms with Crippen molar-refractivity contribution in [2.45, 2.75) is 0 Å². The summed E-state index contributed by atoms with van der Waals surface area (Å²) in [6.07, 6.45) is 3.04. The average Bonchev–Trinajstić information content (AvgIpc) is 2.18. The fourth-order valence-electron chi connectivity index (χ4n) is 0.738. The van der Waals surface area contributed by atoms with E-state index in [-0.39, 0.29) is 0 Å². The van der Waals surface area contributed by atoms with Crippen LogP contribution < -0.4 is 10.6 Å². The van der Waals surface area contributed by atoms with Crippen molar-refractivity contribution in [3.8, 4) is 0 Å². The first-order chi connectivity index (χ1) is 6.24. The van der Waals surface area contributed by atoms with Crippen LogP contribution in [0.15, 0.2) is 24.5 Å². The van der Waals surface area contributed by atoms with Gasteiger partial charge in [0, 0.05) is 13.2 Å². The second-order valence-electron chi connectivity index (χ2n) is 2.27. The van der Waals surface area contributed by atoms with Crippen LogP contribution in [0.3, 0.4) is 0 Å². The molecule has 0 unspecified atom stereocenters. The van der Waals surface area contributed by atoms with Crippen molar-refractivity contribution in [2.24, 2.45) is 0 Å². The Morgan fingerprint density at radius 3 is 2.69 bits per heavy atom. The molecule has 0 bridgehead atoms. The molecule has 0 saturated carbocycles. The largest absolute Gasteiger partial charge is 0.351 e. The Hall–Kier alpha value is -1.91. The van der Waals surface area contributed by atoms with Gasteiger partial charge >= 0.3 is 11.8 Å². The molecule has 1 aromatic heterocycles. The van der Waals surface area contributed by atoms with Crippen LogP contribution in [-0.4, -0.2) is 23.8 Å². The van der Waals surface area contributed by atoms with Crippen LogP contribution in [0.4, 0.5) is 5.69 Å². The molecule has 0 aliphatic rings. The summed E-state index contributed by atoms with van der Waals surface area (Å²) in [6.45, 7) is 0. The first-order valence-corrected chi connectivity index (χ1v) is 3.67. The highest BCUT2D eigenvalue weighted by atomic mass is 16.2. The number of nitrogens with zero attached hydrogens (tertiary/aromatic N) is 1. The van der Waals surface area contributed by atoms with Crippen LogP contribution in [0.2, 0.25) is 0 Å². The number of amides is 2. The highest BCUT2D eigenvalue weighted by molar-refractivity contribution is 6.39. The van der Waals surface area contributed by atoms with E-state index in [9.17, 15) is 9.59 Å². The molecule has 2 amide bonds. The molecule has 1 aromatic rings. The predicted molar refractivity (Wildman–Crippen MR) is 46.9 cm³/mol. The Morgan fingerprint density at radius 2 is 2.15 bits per heavy atom. The normalized spacial score (nSPS) is 9.00. The SMILES string of the molecule is CNC(=O)C(=O)Nc1cccnc1. The van der Waals surface area contributed by atoms with Crippen molar-refractivity contribution in [2.75, 3.05) is 12.4 Å². The number of hydrogen-bond acceptors (Lipinski definition) is 3. The second kappa shape index (κ2) is 4.20. The number of carbonyl (C=O) groups is 2. The molecule has 0 saturated heterocycles. The summed E-state index contributed by atoms with van der Waals surface area (Å²) in [5.74, 6) is -1.38. The van der Waals surface area contributed by atoms with Crippen LogP contribution in [-0.2, 0) is 9.59 Å². The van der Waals surface area contributed by atoms with Crippen molar-refractivity contribution in [3.05, 3.63) is 24.5 Å². The van der Waals surface area contributed by atoms with Crippen molar-refractivity contribution < 1.29 is 9.59 Å². The van der Waals surface area contributed by atoms with Gasteiger partial charge in [0.2, 0.25) is 0 Å². The smallest absolute Gasteiger partial charge is 0.313 e. The number of hydrogen-bond donors (Lipinski definition) is 2. The number of carbonyl (C=O) groups excluding carboxylic acids is 2. The lowest BCUT2D eigenvalue weighted by Gasteiger charge is -2.01. The number of likely N-dealkylation sites (N-methyl/N-ethyl adjacent to an activating group) is 1. The molecule has 13 heavy (non-hydrogen) atoms. The molecule has 1 heterocycles. The van der Waals surface area contributed by atoms with E-state index >= 15 is 0 Å². The van der Waals surface area contributed by atoms with Crippen molar-refractivity contribution in [1.82, 2.24) is 10.3 Å². The van der Waals surface area contributed by atoms with Crippen molar-refractivity contribution in [1.29, 1.82) is 0 Å². The molecule has 0 aliphatic heterocycles. The van der Waals surface area contributed by atoms with Gasteiger partial charge in [0.1, 0.15) is 0 Å². The van der Waals surface area contributed by atoms with Crippen LogP contribution in [0, 0.1) is 0 Å². The lowest BCUT2D eigenvalue weighted by Crippen LogP contribution is -2.32. The molecule has 0 fully saturated rings. The average molecular weight is 179 g/mol. The van der Waals surface area contributed by atoms with Gasteiger partial charge in [-0.05, 0) is 12.1 Å². The van der Waals surface area contributed by atoms with Gasteiger partial charge in [0.15, 0.2) is 0 Å². The molecule has 0 radical (unpaired) electrons. The Labute approximate surface area is 75.2 Å². The lowest BCUT2D eigenvalue weighted by atomic mass is 10.4. The summed E-state index contributed by atoms with van der Waals surface area (Å²) in [4.78, 5) is 25.5. The minimum atomic E-state index is -0.699. The topological polar surface area (TPSA) is 71.1 Å². The summed E-state index contributed by atoms with van der Waals surface area (Å²) in [7, 11) is 1.39. The Kier molecular flexibility index (Phi) is 2.97. The van der Waals surface area contributed by atoms with Gasteiger partial charge in [-0.25, -0.2) is 0 Å². The summed E-state index contributed by atoms with van der Waals surface area (Å²) < 4.78 is 0. The maximum absolute atomic E-state index is 11.0. The Bertz CT molecular complexity index is 310. The van der Waals surface area contributed by atoms with E-state index in [1.54, 1.807) is 18.3 Å². The third kappa shape index (κ3) is 2.55. The van der Waals surface area contributed by atoms with Crippen LogP contribution in [0.25, 0.3) is 0 Å². The first kappa shape index (κ1) is 9.18. The molecule has 1 rings (SSSR count). The number of rotatable bonds is 1. The van der Waals surface area contributed by atoms with Gasteiger partial charge in [0.05, 0.1) is 11.9 Å². The molecule has 0 atom stereocenters. The summed E-state index contributed by atoms with van der Waals surface area (Å²) >= 11 is 0. The van der Waals surface area contributed by atoms with Gasteiger partial charge in [-0.1, -0.05) is 0 Å². The molecule has 2 N–H and O–H groups in total. The maximum Gasteiger partial charge on any atom is 0.313 e. The quantitative estimate of drug-likeness (QED) is 0.585. The third-order valence-corrected chi connectivity index (χ3v) is 1.35. The molecule has 0 aliphatic carbocycles. The lowest BCUT2D eigenvalue weighted by molar-refractivity contribution is -0.135. The van der Waals surface area contributed by atoms with E-state index in [1.807, 2.05) is 0 Å². The first-order valence-electron chi connectivity index (χ1n) is 3.67. The van der Waals surface area contributed by atoms with E-state index in [0.717, 1.165) is 0 Å². The third-order valence-electron chi connectivity index (χ3n) is 1.35. The van der Waals surface area contributed by atoms with E-state index in [4.69, 9.17) is 0 Å². The van der Waals surface area contributed by atoms with Gasteiger partial charge in [-0.2, -0.15) is 0 Å². The zero-order valence-electron chi connectivity index (χ0n) is 7.07. The molecule has 5 nitrogen and oxygen atoms in total.